The van der Waals surface area contributed by atoms with Crippen molar-refractivity contribution in [1.82, 2.24) is 59.2 Å². The molecule has 1 N–H and O–H groups in total. The van der Waals surface area contributed by atoms with Crippen molar-refractivity contribution < 1.29 is 9.59 Å². The molecule has 306 valence electrons. The molecule has 0 aromatic carbocycles. The fraction of sp³-hybridized carbons (Fsp3) is 0.436. The summed E-state index contributed by atoms with van der Waals surface area (Å²) in [6.45, 7) is 9.39. The quantitative estimate of drug-likeness (QED) is 0.255. The Kier molecular flexibility index (Phi) is 11.0. The maximum absolute atomic E-state index is 12.6. The lowest BCUT2D eigenvalue weighted by atomic mass is 10.2. The van der Waals surface area contributed by atoms with Crippen LogP contribution < -0.4 is 19.6 Å². The van der Waals surface area contributed by atoms with Gasteiger partial charge in [-0.25, -0.2) is 39.9 Å². The third-order valence-corrected chi connectivity index (χ3v) is 11.9. The van der Waals surface area contributed by atoms with Crippen molar-refractivity contribution >= 4 is 80.6 Å². The number of carbonyl (C=O) groups is 2. The van der Waals surface area contributed by atoms with Crippen LogP contribution in [-0.4, -0.2) is 150 Å². The highest BCUT2D eigenvalue weighted by atomic mass is 35.5. The van der Waals surface area contributed by atoms with E-state index in [2.05, 4.69) is 64.5 Å². The number of likely N-dealkylation sites (tertiary alicyclic amines) is 2. The Hall–Kier alpha value is -5.88. The molecular formula is C39H44Cl2N16O2. The number of amides is 2. The zero-order chi connectivity index (χ0) is 40.5. The van der Waals surface area contributed by atoms with Gasteiger partial charge in [-0.2, -0.15) is 0 Å². The number of anilines is 4. The molecule has 0 radical (unpaired) electrons. The summed E-state index contributed by atoms with van der Waals surface area (Å²) in [5, 5.41) is 1.03. The molecule has 4 saturated heterocycles. The molecule has 20 heteroatoms. The molecule has 0 spiro atoms. The van der Waals surface area contributed by atoms with Crippen molar-refractivity contribution in [3.8, 4) is 0 Å². The van der Waals surface area contributed by atoms with Gasteiger partial charge in [0.05, 0.1) is 33.8 Å². The van der Waals surface area contributed by atoms with E-state index in [4.69, 9.17) is 23.2 Å². The maximum Gasteiger partial charge on any atom is 0.255 e. The van der Waals surface area contributed by atoms with Gasteiger partial charge in [-0.3, -0.25) is 9.59 Å². The van der Waals surface area contributed by atoms with Crippen LogP contribution in [0.5, 0.6) is 0 Å². The number of aryl methyl sites for hydroxylation is 1. The first kappa shape index (κ1) is 38.6. The number of H-pyrrole nitrogens is 1. The molecule has 0 saturated carbocycles. The second kappa shape index (κ2) is 16.8. The second-order valence-corrected chi connectivity index (χ2v) is 15.8. The number of pyridine rings is 2. The first-order valence-electron chi connectivity index (χ1n) is 20.0. The van der Waals surface area contributed by atoms with Crippen LogP contribution in [0.3, 0.4) is 0 Å². The monoisotopic (exact) mass is 838 g/mol. The van der Waals surface area contributed by atoms with Crippen LogP contribution in [-0.2, 0) is 7.05 Å². The third-order valence-electron chi connectivity index (χ3n) is 11.4. The maximum atomic E-state index is 12.6. The van der Waals surface area contributed by atoms with E-state index in [1.165, 1.54) is 0 Å². The van der Waals surface area contributed by atoms with E-state index in [0.717, 1.165) is 139 Å². The molecule has 18 nitrogen and oxygen atoms in total. The fourth-order valence-corrected chi connectivity index (χ4v) is 8.79. The molecule has 4 fully saturated rings. The van der Waals surface area contributed by atoms with Crippen molar-refractivity contribution in [2.24, 2.45) is 7.05 Å². The summed E-state index contributed by atoms with van der Waals surface area (Å²) in [6, 6.07) is 3.50. The Morgan fingerprint density at radius 3 is 1.51 bits per heavy atom. The molecule has 6 aromatic heterocycles. The molecule has 10 rings (SSSR count). The number of aromatic amines is 1. The van der Waals surface area contributed by atoms with Gasteiger partial charge in [0.15, 0.2) is 22.9 Å². The van der Waals surface area contributed by atoms with Gasteiger partial charge in [0.2, 0.25) is 0 Å². The molecule has 59 heavy (non-hydrogen) atoms. The van der Waals surface area contributed by atoms with Gasteiger partial charge in [0, 0.05) is 98.0 Å². The van der Waals surface area contributed by atoms with Gasteiger partial charge in [0.25, 0.3) is 11.8 Å². The van der Waals surface area contributed by atoms with E-state index in [-0.39, 0.29) is 11.8 Å². The number of hydrogen-bond acceptors (Lipinski definition) is 14. The van der Waals surface area contributed by atoms with Gasteiger partial charge in [-0.05, 0) is 37.8 Å². The SMILES string of the molecule is Cn1cnc2ncnc(N3CCN(c4ncc(C(=O)N5CCCC5)cc4Cl)CC3)c21.O=C(c1cnc(N2CCN(c3ncnc4nc[nH]c34)CC2)c(Cl)c1)N1CCCC1. The first-order valence-corrected chi connectivity index (χ1v) is 20.7. The van der Waals surface area contributed by atoms with Gasteiger partial charge >= 0.3 is 0 Å². The molecule has 0 unspecified atom stereocenters. The summed E-state index contributed by atoms with van der Waals surface area (Å²) >= 11 is 13.0. The molecular weight excluding hydrogens is 795 g/mol. The van der Waals surface area contributed by atoms with E-state index in [0.29, 0.717) is 32.5 Å². The normalized spacial score (nSPS) is 17.3. The predicted octanol–water partition coefficient (Wildman–Crippen LogP) is 3.94. The van der Waals surface area contributed by atoms with Crippen molar-refractivity contribution in [1.29, 1.82) is 0 Å². The lowest BCUT2D eigenvalue weighted by Crippen LogP contribution is -2.47. The topological polar surface area (TPSA) is 177 Å². The van der Waals surface area contributed by atoms with E-state index < -0.39 is 0 Å². The van der Waals surface area contributed by atoms with Crippen LogP contribution in [0, 0.1) is 0 Å². The molecule has 6 aromatic rings. The van der Waals surface area contributed by atoms with Crippen molar-refractivity contribution in [3.63, 3.8) is 0 Å². The number of fused-ring (bicyclic) bond motifs is 2. The zero-order valence-corrected chi connectivity index (χ0v) is 34.2. The number of nitrogens with zero attached hydrogens (tertiary/aromatic N) is 15. The minimum Gasteiger partial charge on any atom is -0.352 e. The summed E-state index contributed by atoms with van der Waals surface area (Å²) < 4.78 is 1.95. The average Bonchev–Trinajstić information content (AvgIpc) is 4.13. The number of piperazine rings is 2. The van der Waals surface area contributed by atoms with E-state index in [1.54, 1.807) is 49.8 Å². The summed E-state index contributed by atoms with van der Waals surface area (Å²) in [5.74, 6) is 3.23. The van der Waals surface area contributed by atoms with Crippen LogP contribution in [0.2, 0.25) is 10.0 Å². The molecule has 4 aliphatic rings. The molecule has 4 aliphatic heterocycles. The van der Waals surface area contributed by atoms with E-state index in [1.807, 2.05) is 21.4 Å². The Morgan fingerprint density at radius 2 is 1.00 bits per heavy atom. The Balaban J connectivity index is 0.000000152. The zero-order valence-electron chi connectivity index (χ0n) is 32.7. The van der Waals surface area contributed by atoms with Crippen molar-refractivity contribution in [3.05, 3.63) is 71.0 Å². The Labute approximate surface area is 350 Å². The summed E-state index contributed by atoms with van der Waals surface area (Å²) in [4.78, 5) is 75.7. The third kappa shape index (κ3) is 7.85. The molecule has 0 bridgehead atoms. The van der Waals surface area contributed by atoms with Crippen LogP contribution in [0.1, 0.15) is 46.4 Å². The fourth-order valence-electron chi connectivity index (χ4n) is 8.22. The van der Waals surface area contributed by atoms with Crippen LogP contribution >= 0.6 is 23.2 Å². The minimum atomic E-state index is 0.0144. The smallest absolute Gasteiger partial charge is 0.255 e. The van der Waals surface area contributed by atoms with Gasteiger partial charge < -0.3 is 39.0 Å². The van der Waals surface area contributed by atoms with Gasteiger partial charge in [-0.1, -0.05) is 23.2 Å². The number of hydrogen-bond donors (Lipinski definition) is 1. The summed E-state index contributed by atoms with van der Waals surface area (Å²) in [5.41, 5.74) is 4.27. The number of aromatic nitrogens is 10. The van der Waals surface area contributed by atoms with Gasteiger partial charge in [0.1, 0.15) is 35.3 Å². The number of halogens is 2. The Bertz CT molecular complexity index is 2470. The van der Waals surface area contributed by atoms with E-state index >= 15 is 0 Å². The summed E-state index contributed by atoms with van der Waals surface area (Å²) in [7, 11) is 1.95. The molecule has 10 heterocycles. The van der Waals surface area contributed by atoms with Crippen LogP contribution in [0.15, 0.2) is 49.8 Å². The van der Waals surface area contributed by atoms with Crippen molar-refractivity contribution in [2.75, 3.05) is 98.1 Å². The highest BCUT2D eigenvalue weighted by Crippen LogP contribution is 2.30. The number of nitrogens with one attached hydrogen (secondary N) is 1. The van der Waals surface area contributed by atoms with Crippen LogP contribution in [0.25, 0.3) is 22.3 Å². The lowest BCUT2D eigenvalue weighted by molar-refractivity contribution is 0.0784. The summed E-state index contributed by atoms with van der Waals surface area (Å²) in [6.07, 6.45) is 14.0. The highest BCUT2D eigenvalue weighted by Gasteiger charge is 2.27. The number of rotatable bonds is 6. The lowest BCUT2D eigenvalue weighted by Gasteiger charge is -2.36. The number of imidazole rings is 2. The Morgan fingerprint density at radius 1 is 0.542 bits per heavy atom. The van der Waals surface area contributed by atoms with Crippen molar-refractivity contribution in [2.45, 2.75) is 25.7 Å². The number of carbonyl (C=O) groups excluding carboxylic acids is 2. The molecule has 2 amide bonds. The standard InChI is InChI=1S/C20H23ClN8O.C19H21ClN8O/c1-26-13-25-17-16(26)19(24-12-23-17)28-8-6-27(7-9-28)18-15(21)10-14(11-22-18)20(30)29-4-2-3-5-29;20-14-9-13(19(29)28-3-1-2-4-28)10-21-17(14)26-5-7-27(8-6-26)18-15-16(23-11-22-15)24-12-25-18/h10-13H,2-9H2,1H3;9-12H,1-8H2,(H,22,23,24,25). The minimum absolute atomic E-state index is 0.0144. The second-order valence-electron chi connectivity index (χ2n) is 15.0. The molecule has 0 aliphatic carbocycles. The molecule has 0 atom stereocenters. The van der Waals surface area contributed by atoms with E-state index in [9.17, 15) is 9.59 Å². The predicted molar refractivity (Wildman–Crippen MR) is 226 cm³/mol. The van der Waals surface area contributed by atoms with Crippen LogP contribution in [0.4, 0.5) is 23.3 Å². The largest absolute Gasteiger partial charge is 0.352 e. The van der Waals surface area contributed by atoms with Gasteiger partial charge in [-0.15, -0.1) is 0 Å². The first-order chi connectivity index (χ1) is 28.8. The average molecular weight is 840 g/mol. The highest BCUT2D eigenvalue weighted by molar-refractivity contribution is 6.33.